The van der Waals surface area contributed by atoms with Crippen LogP contribution < -0.4 is 16.2 Å². The van der Waals surface area contributed by atoms with Gasteiger partial charge in [0.25, 0.3) is 0 Å². The predicted molar refractivity (Wildman–Crippen MR) is 117 cm³/mol. The summed E-state index contributed by atoms with van der Waals surface area (Å²) in [6.45, 7) is 4.21. The summed E-state index contributed by atoms with van der Waals surface area (Å²) in [7, 11) is 0. The summed E-state index contributed by atoms with van der Waals surface area (Å²) in [5.74, 6) is 0.108. The maximum absolute atomic E-state index is 12.7. The summed E-state index contributed by atoms with van der Waals surface area (Å²) < 4.78 is 0. The minimum Gasteiger partial charge on any atom is -0.355 e. The molecule has 0 fully saturated rings. The summed E-state index contributed by atoms with van der Waals surface area (Å²) in [5, 5.41) is 7.29. The molecular weight excluding hydrogens is 350 g/mol. The topological polar surface area (TPSA) is 74.0 Å². The Bertz CT molecular complexity index is 950. The molecule has 5 heteroatoms. The number of carbonyl (C=O) groups is 1. The molecule has 0 atom stereocenters. The fourth-order valence-corrected chi connectivity index (χ4v) is 3.64. The maximum Gasteiger partial charge on any atom is 0.250 e. The lowest BCUT2D eigenvalue weighted by Gasteiger charge is -2.16. The van der Waals surface area contributed by atoms with E-state index in [1.54, 1.807) is 6.07 Å². The Balaban J connectivity index is 1.89. The lowest BCUT2D eigenvalue weighted by Crippen LogP contribution is -2.22. The maximum atomic E-state index is 12.7. The van der Waals surface area contributed by atoms with E-state index in [1.165, 1.54) is 0 Å². The monoisotopic (exact) mass is 379 g/mol. The van der Waals surface area contributed by atoms with Crippen molar-refractivity contribution in [1.29, 1.82) is 0 Å². The molecule has 0 saturated carbocycles. The van der Waals surface area contributed by atoms with E-state index in [4.69, 9.17) is 0 Å². The summed E-state index contributed by atoms with van der Waals surface area (Å²) in [6, 6.07) is 7.17. The average Bonchev–Trinajstić information content (AvgIpc) is 2.69. The molecule has 1 aromatic carbocycles. The van der Waals surface area contributed by atoms with Crippen LogP contribution in [0.3, 0.4) is 0 Å². The highest BCUT2D eigenvalue weighted by molar-refractivity contribution is 5.98. The average molecular weight is 380 g/mol. The van der Waals surface area contributed by atoms with Gasteiger partial charge in [-0.2, -0.15) is 0 Å². The number of H-pyrrole nitrogens is 1. The fourth-order valence-electron chi connectivity index (χ4n) is 3.64. The number of amides is 1. The van der Waals surface area contributed by atoms with Crippen molar-refractivity contribution >= 4 is 28.2 Å². The Hall–Kier alpha value is -2.82. The highest BCUT2D eigenvalue weighted by Crippen LogP contribution is 2.26. The van der Waals surface area contributed by atoms with Crippen LogP contribution >= 0.6 is 0 Å². The van der Waals surface area contributed by atoms with Gasteiger partial charge in [-0.1, -0.05) is 38.8 Å². The van der Waals surface area contributed by atoms with Crippen molar-refractivity contribution < 1.29 is 4.79 Å². The normalized spacial score (nSPS) is 13.6. The quantitative estimate of drug-likeness (QED) is 0.580. The first-order valence-corrected chi connectivity index (χ1v) is 10.2. The number of benzene rings is 1. The van der Waals surface area contributed by atoms with Gasteiger partial charge in [-0.3, -0.25) is 9.59 Å². The second-order valence-electron chi connectivity index (χ2n) is 7.34. The van der Waals surface area contributed by atoms with Crippen molar-refractivity contribution in [3.8, 4) is 0 Å². The van der Waals surface area contributed by atoms with Crippen LogP contribution in [0.25, 0.3) is 10.9 Å². The van der Waals surface area contributed by atoms with Crippen LogP contribution in [0.5, 0.6) is 0 Å². The van der Waals surface area contributed by atoms with Crippen LogP contribution in [0.2, 0.25) is 0 Å². The Kier molecular flexibility index (Phi) is 6.69. The number of allylic oxidation sites excluding steroid dienone is 3. The van der Waals surface area contributed by atoms with Crippen LogP contribution in [0.4, 0.5) is 11.4 Å². The van der Waals surface area contributed by atoms with Crippen molar-refractivity contribution in [2.75, 3.05) is 10.6 Å². The first-order chi connectivity index (χ1) is 13.6. The number of nitrogens with one attached hydrogen (secondary N) is 3. The zero-order valence-corrected chi connectivity index (χ0v) is 16.7. The predicted octanol–water partition coefficient (Wildman–Crippen LogP) is 5.33. The minimum atomic E-state index is -0.155. The van der Waals surface area contributed by atoms with Crippen molar-refractivity contribution in [2.45, 2.75) is 52.4 Å². The fraction of sp³-hybridized carbons (Fsp3) is 0.391. The smallest absolute Gasteiger partial charge is 0.250 e. The number of anilines is 2. The molecule has 1 heterocycles. The van der Waals surface area contributed by atoms with E-state index in [2.05, 4.69) is 41.6 Å². The molecule has 1 aliphatic rings. The second-order valence-corrected chi connectivity index (χ2v) is 7.34. The third-order valence-corrected chi connectivity index (χ3v) is 5.03. The molecule has 0 bridgehead atoms. The van der Waals surface area contributed by atoms with Crippen molar-refractivity contribution in [1.82, 2.24) is 4.98 Å². The van der Waals surface area contributed by atoms with Gasteiger partial charge < -0.3 is 15.6 Å². The van der Waals surface area contributed by atoms with Crippen LogP contribution in [0.1, 0.15) is 52.4 Å². The van der Waals surface area contributed by atoms with E-state index in [-0.39, 0.29) is 17.4 Å². The van der Waals surface area contributed by atoms with Gasteiger partial charge in [-0.05, 0) is 50.0 Å². The molecule has 2 aromatic rings. The highest BCUT2D eigenvalue weighted by atomic mass is 16.2. The summed E-state index contributed by atoms with van der Waals surface area (Å²) >= 11 is 0. The largest absolute Gasteiger partial charge is 0.355 e. The molecule has 3 N–H and O–H groups in total. The van der Waals surface area contributed by atoms with Gasteiger partial charge in [0.15, 0.2) is 0 Å². The number of carbonyl (C=O) groups excluding carboxylic acids is 1. The number of aromatic amines is 1. The molecule has 0 spiro atoms. The van der Waals surface area contributed by atoms with Gasteiger partial charge in [0.1, 0.15) is 0 Å². The third-order valence-electron chi connectivity index (χ3n) is 5.03. The Morgan fingerprint density at radius 2 is 1.93 bits per heavy atom. The van der Waals surface area contributed by atoms with Crippen LogP contribution in [-0.2, 0) is 4.79 Å². The van der Waals surface area contributed by atoms with Gasteiger partial charge in [-0.25, -0.2) is 0 Å². The van der Waals surface area contributed by atoms with Crippen LogP contribution in [0.15, 0.2) is 53.0 Å². The van der Waals surface area contributed by atoms with Crippen LogP contribution in [-0.4, -0.2) is 10.9 Å². The van der Waals surface area contributed by atoms with Gasteiger partial charge in [0.2, 0.25) is 11.5 Å². The van der Waals surface area contributed by atoms with E-state index in [9.17, 15) is 9.59 Å². The minimum absolute atomic E-state index is 0.0383. The summed E-state index contributed by atoms with van der Waals surface area (Å²) in [5.41, 5.74) is 3.06. The van der Waals surface area contributed by atoms with E-state index in [0.717, 1.165) is 66.5 Å². The summed E-state index contributed by atoms with van der Waals surface area (Å²) in [4.78, 5) is 27.6. The van der Waals surface area contributed by atoms with Gasteiger partial charge in [-0.15, -0.1) is 0 Å². The second kappa shape index (κ2) is 9.40. The van der Waals surface area contributed by atoms with Crippen molar-refractivity contribution in [2.24, 2.45) is 5.92 Å². The molecule has 3 rings (SSSR count). The van der Waals surface area contributed by atoms with E-state index in [1.807, 2.05) is 24.3 Å². The molecular formula is C23H29N3O2. The van der Waals surface area contributed by atoms with E-state index < -0.39 is 0 Å². The highest BCUT2D eigenvalue weighted by Gasteiger charge is 2.17. The molecule has 0 saturated heterocycles. The van der Waals surface area contributed by atoms with E-state index in [0.29, 0.717) is 0 Å². The molecule has 28 heavy (non-hydrogen) atoms. The third kappa shape index (κ3) is 4.91. The standard InChI is InChI=1S/C23H29N3O2/c1-3-8-16(9-4-2)23(28)25-18-12-13-20-19(14-18)21(15-22(27)26-20)24-17-10-6-5-7-11-17/h6,10-16H,3-5,7-9H2,1-2H3,(H,25,28)(H2,24,26,27). The Labute approximate surface area is 165 Å². The van der Waals surface area contributed by atoms with Crippen LogP contribution in [0, 0.1) is 5.92 Å². The van der Waals surface area contributed by atoms with Gasteiger partial charge >= 0.3 is 0 Å². The number of pyridine rings is 1. The molecule has 0 radical (unpaired) electrons. The van der Waals surface area contributed by atoms with Gasteiger partial charge in [0, 0.05) is 28.8 Å². The summed E-state index contributed by atoms with van der Waals surface area (Å²) in [6.07, 6.45) is 12.1. The molecule has 148 valence electrons. The molecule has 0 unspecified atom stereocenters. The van der Waals surface area contributed by atoms with Crippen molar-refractivity contribution in [3.63, 3.8) is 0 Å². The Morgan fingerprint density at radius 3 is 2.61 bits per heavy atom. The molecule has 1 aromatic heterocycles. The molecule has 5 nitrogen and oxygen atoms in total. The van der Waals surface area contributed by atoms with Gasteiger partial charge in [0.05, 0.1) is 11.2 Å². The SMILES string of the molecule is CCCC(CCC)C(=O)Nc1ccc2[nH]c(=O)cc(NC3=CCCC=C3)c2c1. The first kappa shape index (κ1) is 19.9. The zero-order chi connectivity index (χ0) is 19.9. The lowest BCUT2D eigenvalue weighted by molar-refractivity contribution is -0.120. The zero-order valence-electron chi connectivity index (χ0n) is 16.7. The molecule has 0 aliphatic heterocycles. The van der Waals surface area contributed by atoms with E-state index >= 15 is 0 Å². The Morgan fingerprint density at radius 1 is 1.14 bits per heavy atom. The number of hydrogen-bond acceptors (Lipinski definition) is 3. The number of fused-ring (bicyclic) bond motifs is 1. The molecule has 1 amide bonds. The van der Waals surface area contributed by atoms with Crippen molar-refractivity contribution in [3.05, 3.63) is 58.5 Å². The number of hydrogen-bond donors (Lipinski definition) is 3. The number of aromatic nitrogens is 1. The number of rotatable bonds is 8. The first-order valence-electron chi connectivity index (χ1n) is 10.2. The lowest BCUT2D eigenvalue weighted by atomic mass is 9.97. The molecule has 1 aliphatic carbocycles.